The van der Waals surface area contributed by atoms with Crippen LogP contribution in [0, 0.1) is 16.0 Å². The number of fused-ring (bicyclic) bond motifs is 1. The molecule has 1 atom stereocenters. The van der Waals surface area contributed by atoms with Crippen molar-refractivity contribution in [3.63, 3.8) is 0 Å². The summed E-state index contributed by atoms with van der Waals surface area (Å²) in [4.78, 5) is 17.5. The lowest BCUT2D eigenvalue weighted by atomic mass is 9.98. The molecular weight excluding hydrogens is 242 g/mol. The Kier molecular flexibility index (Phi) is 3.12. The first-order valence-electron chi connectivity index (χ1n) is 7.07. The van der Waals surface area contributed by atoms with Crippen LogP contribution in [0.2, 0.25) is 0 Å². The first kappa shape index (κ1) is 12.4. The van der Waals surface area contributed by atoms with Gasteiger partial charge in [-0.2, -0.15) is 0 Å². The summed E-state index contributed by atoms with van der Waals surface area (Å²) in [6.07, 6.45) is 6.76. The minimum absolute atomic E-state index is 0.190. The van der Waals surface area contributed by atoms with Gasteiger partial charge in [0.05, 0.1) is 4.92 Å². The quantitative estimate of drug-likeness (QED) is 0.606. The van der Waals surface area contributed by atoms with Gasteiger partial charge in [0.25, 0.3) is 0 Å². The van der Waals surface area contributed by atoms with E-state index in [0.29, 0.717) is 5.92 Å². The number of pyridine rings is 1. The van der Waals surface area contributed by atoms with Crippen molar-refractivity contribution >= 4 is 11.4 Å². The van der Waals surface area contributed by atoms with E-state index < -0.39 is 0 Å². The number of anilines is 1. The van der Waals surface area contributed by atoms with Gasteiger partial charge in [0.1, 0.15) is 11.9 Å². The smallest absolute Gasteiger partial charge is 0.310 e. The number of hydrogen-bond donors (Lipinski definition) is 0. The Morgan fingerprint density at radius 2 is 2.26 bits per heavy atom. The van der Waals surface area contributed by atoms with Gasteiger partial charge in [-0.3, -0.25) is 15.1 Å². The third-order valence-electron chi connectivity index (χ3n) is 4.23. The summed E-state index contributed by atoms with van der Waals surface area (Å²) < 4.78 is 0. The van der Waals surface area contributed by atoms with Gasteiger partial charge in [-0.15, -0.1) is 0 Å². The van der Waals surface area contributed by atoms with Gasteiger partial charge in [0, 0.05) is 24.3 Å². The van der Waals surface area contributed by atoms with Crippen LogP contribution in [0.1, 0.15) is 37.4 Å². The summed E-state index contributed by atoms with van der Waals surface area (Å²) in [5, 5.41) is 11.3. The number of hydrogen-bond acceptors (Lipinski definition) is 4. The molecule has 2 aliphatic rings. The fraction of sp³-hybridized carbons (Fsp3) is 0.643. The second-order valence-corrected chi connectivity index (χ2v) is 5.72. The van der Waals surface area contributed by atoms with E-state index in [1.807, 2.05) is 0 Å². The molecule has 1 aliphatic carbocycles. The normalized spacial score (nSPS) is 22.4. The summed E-state index contributed by atoms with van der Waals surface area (Å²) in [6, 6.07) is 0. The molecule has 1 aliphatic heterocycles. The highest BCUT2D eigenvalue weighted by Crippen LogP contribution is 2.39. The van der Waals surface area contributed by atoms with Gasteiger partial charge >= 0.3 is 5.69 Å². The molecule has 19 heavy (non-hydrogen) atoms. The maximum atomic E-state index is 11.3. The third kappa shape index (κ3) is 2.17. The Balaban J connectivity index is 2.06. The second-order valence-electron chi connectivity index (χ2n) is 5.72. The third-order valence-corrected chi connectivity index (χ3v) is 4.23. The van der Waals surface area contributed by atoms with Crippen molar-refractivity contribution in [2.24, 2.45) is 5.92 Å². The van der Waals surface area contributed by atoms with E-state index >= 15 is 0 Å². The van der Waals surface area contributed by atoms with Crippen LogP contribution in [0.25, 0.3) is 0 Å². The lowest BCUT2D eigenvalue weighted by Crippen LogP contribution is -2.35. The lowest BCUT2D eigenvalue weighted by Gasteiger charge is -2.33. The minimum atomic E-state index is -0.278. The number of nitrogens with zero attached hydrogens (tertiary/aromatic N) is 3. The summed E-state index contributed by atoms with van der Waals surface area (Å²) >= 11 is 0. The molecular formula is C14H19N3O2. The van der Waals surface area contributed by atoms with Crippen LogP contribution in [0.4, 0.5) is 11.4 Å². The summed E-state index contributed by atoms with van der Waals surface area (Å²) in [5.41, 5.74) is 3.25. The van der Waals surface area contributed by atoms with E-state index in [1.165, 1.54) is 12.6 Å². The molecule has 0 radical (unpaired) electrons. The average Bonchev–Trinajstić information content (AvgIpc) is 2.85. The molecule has 2 heterocycles. The SMILES string of the molecule is CC1CCCN(c2c([N+](=O)[O-])cnc3c2CCC3)C1. The Morgan fingerprint density at radius 1 is 1.42 bits per heavy atom. The van der Waals surface area contributed by atoms with Gasteiger partial charge in [-0.25, -0.2) is 0 Å². The molecule has 0 saturated carbocycles. The van der Waals surface area contributed by atoms with Crippen LogP contribution in [-0.4, -0.2) is 23.0 Å². The van der Waals surface area contributed by atoms with Crippen LogP contribution in [0.15, 0.2) is 6.20 Å². The van der Waals surface area contributed by atoms with Crippen LogP contribution in [-0.2, 0) is 12.8 Å². The Labute approximate surface area is 112 Å². The van der Waals surface area contributed by atoms with Gasteiger partial charge in [-0.1, -0.05) is 6.92 Å². The highest BCUT2D eigenvalue weighted by Gasteiger charge is 2.30. The monoisotopic (exact) mass is 261 g/mol. The average molecular weight is 261 g/mol. The van der Waals surface area contributed by atoms with E-state index in [4.69, 9.17) is 0 Å². The summed E-state index contributed by atoms with van der Waals surface area (Å²) in [5.74, 6) is 0.610. The summed E-state index contributed by atoms with van der Waals surface area (Å²) in [6.45, 7) is 4.08. The fourth-order valence-electron chi connectivity index (χ4n) is 3.36. The lowest BCUT2D eigenvalue weighted by molar-refractivity contribution is -0.384. The molecule has 0 amide bonds. The standard InChI is InChI=1S/C14H19N3O2/c1-10-4-3-7-16(9-10)14-11-5-2-6-12(11)15-8-13(14)17(18)19/h8,10H,2-7,9H2,1H3. The van der Waals surface area contributed by atoms with Crippen molar-refractivity contribution in [3.05, 3.63) is 27.6 Å². The number of nitro groups is 1. The second kappa shape index (κ2) is 4.79. The molecule has 3 rings (SSSR count). The van der Waals surface area contributed by atoms with E-state index in [-0.39, 0.29) is 10.6 Å². The number of aromatic nitrogens is 1. The van der Waals surface area contributed by atoms with E-state index in [9.17, 15) is 10.1 Å². The van der Waals surface area contributed by atoms with Crippen molar-refractivity contribution < 1.29 is 4.92 Å². The molecule has 1 saturated heterocycles. The van der Waals surface area contributed by atoms with Gasteiger partial charge < -0.3 is 4.90 Å². The summed E-state index contributed by atoms with van der Waals surface area (Å²) in [7, 11) is 0. The molecule has 0 bridgehead atoms. The first-order valence-corrected chi connectivity index (χ1v) is 7.07. The van der Waals surface area contributed by atoms with Crippen LogP contribution >= 0.6 is 0 Å². The van der Waals surface area contributed by atoms with Crippen molar-refractivity contribution in [2.75, 3.05) is 18.0 Å². The molecule has 1 fully saturated rings. The molecule has 0 spiro atoms. The van der Waals surface area contributed by atoms with Crippen molar-refractivity contribution in [1.29, 1.82) is 0 Å². The van der Waals surface area contributed by atoms with Crippen LogP contribution in [0.5, 0.6) is 0 Å². The zero-order valence-electron chi connectivity index (χ0n) is 11.3. The van der Waals surface area contributed by atoms with E-state index in [2.05, 4.69) is 16.8 Å². The molecule has 102 valence electrons. The van der Waals surface area contributed by atoms with Crippen molar-refractivity contribution in [2.45, 2.75) is 39.0 Å². The minimum Gasteiger partial charge on any atom is -0.365 e. The molecule has 1 aromatic rings. The fourth-order valence-corrected chi connectivity index (χ4v) is 3.36. The molecule has 5 heteroatoms. The van der Waals surface area contributed by atoms with E-state index in [0.717, 1.165) is 55.7 Å². The van der Waals surface area contributed by atoms with Gasteiger partial charge in [-0.05, 0) is 38.0 Å². The maximum Gasteiger partial charge on any atom is 0.310 e. The number of aryl methyl sites for hydroxylation is 1. The first-order chi connectivity index (χ1) is 9.16. The van der Waals surface area contributed by atoms with Crippen molar-refractivity contribution in [1.82, 2.24) is 4.98 Å². The maximum absolute atomic E-state index is 11.3. The van der Waals surface area contributed by atoms with Crippen LogP contribution in [0.3, 0.4) is 0 Å². The predicted molar refractivity (Wildman–Crippen MR) is 73.5 cm³/mol. The number of piperidine rings is 1. The molecule has 1 aromatic heterocycles. The topological polar surface area (TPSA) is 59.3 Å². The largest absolute Gasteiger partial charge is 0.365 e. The molecule has 0 N–H and O–H groups in total. The van der Waals surface area contributed by atoms with Crippen LogP contribution < -0.4 is 4.90 Å². The predicted octanol–water partition coefficient (Wildman–Crippen LogP) is 2.71. The zero-order chi connectivity index (χ0) is 13.4. The molecule has 5 nitrogen and oxygen atoms in total. The Morgan fingerprint density at radius 3 is 3.00 bits per heavy atom. The van der Waals surface area contributed by atoms with Gasteiger partial charge in [0.2, 0.25) is 0 Å². The Hall–Kier alpha value is -1.65. The zero-order valence-corrected chi connectivity index (χ0v) is 11.3. The highest BCUT2D eigenvalue weighted by molar-refractivity contribution is 5.69. The van der Waals surface area contributed by atoms with E-state index in [1.54, 1.807) is 0 Å². The Bertz CT molecular complexity index is 516. The van der Waals surface area contributed by atoms with Crippen molar-refractivity contribution in [3.8, 4) is 0 Å². The highest BCUT2D eigenvalue weighted by atomic mass is 16.6. The molecule has 1 unspecified atom stereocenters. The van der Waals surface area contributed by atoms with Gasteiger partial charge in [0.15, 0.2) is 0 Å². The molecule has 0 aromatic carbocycles. The number of rotatable bonds is 2.